The number of anilines is 1. The second-order valence-electron chi connectivity index (χ2n) is 7.74. The third-order valence-corrected chi connectivity index (χ3v) is 5.61. The van der Waals surface area contributed by atoms with E-state index in [2.05, 4.69) is 37.1 Å². The lowest BCUT2D eigenvalue weighted by Crippen LogP contribution is -2.37. The van der Waals surface area contributed by atoms with Crippen LogP contribution in [0.5, 0.6) is 0 Å². The third-order valence-electron chi connectivity index (χ3n) is 4.68. The highest BCUT2D eigenvalue weighted by molar-refractivity contribution is 7.22. The Bertz CT molecular complexity index is 1090. The number of carbonyl (C=O) groups excluding carboxylic acids is 3. The fourth-order valence-corrected chi connectivity index (χ4v) is 4.05. The largest absolute Gasteiger partial charge is 0.300 e. The maximum Gasteiger partial charge on any atom is 0.262 e. The first-order valence-corrected chi connectivity index (χ1v) is 9.72. The summed E-state index contributed by atoms with van der Waals surface area (Å²) in [5, 5.41) is 3.15. The molecule has 1 N–H and O–H groups in total. The molecule has 3 aromatic rings. The van der Waals surface area contributed by atoms with Crippen molar-refractivity contribution in [1.29, 1.82) is 0 Å². The highest BCUT2D eigenvalue weighted by atomic mass is 32.1. The number of benzene rings is 2. The Kier molecular flexibility index (Phi) is 4.27. The van der Waals surface area contributed by atoms with Crippen LogP contribution in [-0.2, 0) is 10.2 Å². The van der Waals surface area contributed by atoms with Gasteiger partial charge in [-0.1, -0.05) is 50.3 Å². The van der Waals surface area contributed by atoms with Crippen LogP contribution in [0.2, 0.25) is 0 Å². The lowest BCUT2D eigenvalue weighted by atomic mass is 9.87. The predicted octanol–water partition coefficient (Wildman–Crippen LogP) is 3.83. The van der Waals surface area contributed by atoms with Crippen LogP contribution in [-0.4, -0.2) is 34.2 Å². The van der Waals surface area contributed by atoms with Gasteiger partial charge in [0, 0.05) is 0 Å². The van der Waals surface area contributed by atoms with Gasteiger partial charge in [-0.3, -0.25) is 19.3 Å². The molecule has 0 radical (unpaired) electrons. The zero-order valence-electron chi connectivity index (χ0n) is 15.8. The van der Waals surface area contributed by atoms with Crippen LogP contribution < -0.4 is 5.32 Å². The zero-order valence-corrected chi connectivity index (χ0v) is 16.6. The van der Waals surface area contributed by atoms with Gasteiger partial charge in [0.15, 0.2) is 5.13 Å². The van der Waals surface area contributed by atoms with Crippen LogP contribution in [0.25, 0.3) is 10.2 Å². The molecule has 2 aromatic carbocycles. The Hall–Kier alpha value is -3.06. The number of fused-ring (bicyclic) bond motifs is 2. The number of rotatable bonds is 3. The summed E-state index contributed by atoms with van der Waals surface area (Å²) in [5.41, 5.74) is 2.67. The number of hydrogen-bond donors (Lipinski definition) is 1. The van der Waals surface area contributed by atoms with Crippen molar-refractivity contribution in [3.05, 3.63) is 59.2 Å². The van der Waals surface area contributed by atoms with E-state index in [1.807, 2.05) is 12.1 Å². The number of nitrogens with one attached hydrogen (secondary N) is 1. The van der Waals surface area contributed by atoms with Crippen LogP contribution in [0.3, 0.4) is 0 Å². The molecule has 0 atom stereocenters. The normalized spacial score (nSPS) is 13.9. The topological polar surface area (TPSA) is 79.4 Å². The van der Waals surface area contributed by atoms with Crippen LogP contribution >= 0.6 is 11.3 Å². The van der Waals surface area contributed by atoms with Crippen molar-refractivity contribution in [3.63, 3.8) is 0 Å². The monoisotopic (exact) mass is 393 g/mol. The standard InChI is InChI=1S/C21H19N3O3S/c1-21(2,3)12-8-9-15-16(10-12)28-20(22-15)23-17(25)11-24-18(26)13-6-4-5-7-14(13)19(24)27/h4-10H,11H2,1-3H3,(H,22,23,25). The van der Waals surface area contributed by atoms with Crippen LogP contribution in [0.15, 0.2) is 42.5 Å². The van der Waals surface area contributed by atoms with E-state index in [9.17, 15) is 14.4 Å². The first-order chi connectivity index (χ1) is 13.2. The summed E-state index contributed by atoms with van der Waals surface area (Å²) in [6.07, 6.45) is 0. The summed E-state index contributed by atoms with van der Waals surface area (Å²) in [6.45, 7) is 6.08. The number of carbonyl (C=O) groups is 3. The molecular weight excluding hydrogens is 374 g/mol. The Morgan fingerprint density at radius 2 is 1.71 bits per heavy atom. The quantitative estimate of drug-likeness (QED) is 0.686. The fraction of sp³-hybridized carbons (Fsp3) is 0.238. The van der Waals surface area contributed by atoms with E-state index in [4.69, 9.17) is 0 Å². The maximum absolute atomic E-state index is 12.4. The van der Waals surface area contributed by atoms with E-state index in [0.717, 1.165) is 15.1 Å². The molecule has 0 spiro atoms. The van der Waals surface area contributed by atoms with Gasteiger partial charge in [0.05, 0.1) is 21.3 Å². The summed E-state index contributed by atoms with van der Waals surface area (Å²) >= 11 is 1.37. The van der Waals surface area contributed by atoms with E-state index in [1.54, 1.807) is 24.3 Å². The smallest absolute Gasteiger partial charge is 0.262 e. The molecule has 1 aromatic heterocycles. The number of hydrogen-bond acceptors (Lipinski definition) is 5. The maximum atomic E-state index is 12.4. The first kappa shape index (κ1) is 18.3. The summed E-state index contributed by atoms with van der Waals surface area (Å²) in [4.78, 5) is 42.6. The molecule has 6 nitrogen and oxygen atoms in total. The number of nitrogens with zero attached hydrogens (tertiary/aromatic N) is 2. The Morgan fingerprint density at radius 3 is 2.32 bits per heavy atom. The van der Waals surface area contributed by atoms with Crippen LogP contribution in [0.4, 0.5) is 5.13 Å². The highest BCUT2D eigenvalue weighted by Gasteiger charge is 2.36. The minimum Gasteiger partial charge on any atom is -0.300 e. The minimum absolute atomic E-state index is 0.0209. The number of amides is 3. The van der Waals surface area contributed by atoms with Gasteiger partial charge in [-0.15, -0.1) is 0 Å². The number of thiazole rings is 1. The first-order valence-electron chi connectivity index (χ1n) is 8.90. The molecule has 4 rings (SSSR count). The summed E-state index contributed by atoms with van der Waals surface area (Å²) in [7, 11) is 0. The summed E-state index contributed by atoms with van der Waals surface area (Å²) < 4.78 is 0.975. The molecule has 0 unspecified atom stereocenters. The van der Waals surface area contributed by atoms with Gasteiger partial charge in [0.25, 0.3) is 11.8 Å². The van der Waals surface area contributed by atoms with Crippen molar-refractivity contribution < 1.29 is 14.4 Å². The molecule has 0 bridgehead atoms. The van der Waals surface area contributed by atoms with E-state index in [0.29, 0.717) is 16.3 Å². The Morgan fingerprint density at radius 1 is 1.07 bits per heavy atom. The molecule has 142 valence electrons. The van der Waals surface area contributed by atoms with Gasteiger partial charge in [-0.05, 0) is 35.2 Å². The molecule has 2 heterocycles. The third kappa shape index (κ3) is 3.18. The zero-order chi connectivity index (χ0) is 20.1. The van der Waals surface area contributed by atoms with Crippen molar-refractivity contribution in [2.45, 2.75) is 26.2 Å². The van der Waals surface area contributed by atoms with Crippen LogP contribution in [0.1, 0.15) is 47.1 Å². The molecule has 0 saturated heterocycles. The molecule has 1 aliphatic rings. The molecular formula is C21H19N3O3S. The molecule has 1 aliphatic heterocycles. The van der Waals surface area contributed by atoms with Gasteiger partial charge in [-0.2, -0.15) is 0 Å². The molecule has 7 heteroatoms. The van der Waals surface area contributed by atoms with E-state index in [1.165, 1.54) is 16.9 Å². The van der Waals surface area contributed by atoms with E-state index in [-0.39, 0.29) is 12.0 Å². The van der Waals surface area contributed by atoms with Gasteiger partial charge in [0.2, 0.25) is 5.91 Å². The van der Waals surface area contributed by atoms with E-state index >= 15 is 0 Å². The van der Waals surface area contributed by atoms with Crippen molar-refractivity contribution >= 4 is 44.4 Å². The highest BCUT2D eigenvalue weighted by Crippen LogP contribution is 2.31. The summed E-state index contributed by atoms with van der Waals surface area (Å²) in [5.74, 6) is -1.35. The summed E-state index contributed by atoms with van der Waals surface area (Å²) in [6, 6.07) is 12.6. The van der Waals surface area contributed by atoms with Crippen molar-refractivity contribution in [1.82, 2.24) is 9.88 Å². The Labute approximate surface area is 166 Å². The Balaban J connectivity index is 1.50. The molecule has 0 saturated carbocycles. The second-order valence-corrected chi connectivity index (χ2v) is 8.77. The predicted molar refractivity (Wildman–Crippen MR) is 109 cm³/mol. The average Bonchev–Trinajstić information content (AvgIpc) is 3.14. The van der Waals surface area contributed by atoms with Gasteiger partial charge in [0.1, 0.15) is 6.54 Å². The average molecular weight is 393 g/mol. The number of aromatic nitrogens is 1. The lowest BCUT2D eigenvalue weighted by molar-refractivity contribution is -0.116. The van der Waals surface area contributed by atoms with Crippen molar-refractivity contribution in [2.75, 3.05) is 11.9 Å². The van der Waals surface area contributed by atoms with Gasteiger partial charge >= 0.3 is 0 Å². The van der Waals surface area contributed by atoms with Crippen molar-refractivity contribution in [2.24, 2.45) is 0 Å². The second kappa shape index (κ2) is 6.53. The van der Waals surface area contributed by atoms with E-state index < -0.39 is 17.7 Å². The van der Waals surface area contributed by atoms with Crippen molar-refractivity contribution in [3.8, 4) is 0 Å². The number of imide groups is 1. The molecule has 3 amide bonds. The SMILES string of the molecule is CC(C)(C)c1ccc2nc(NC(=O)CN3C(=O)c4ccccc4C3=O)sc2c1. The fourth-order valence-electron chi connectivity index (χ4n) is 3.13. The van der Waals surface area contributed by atoms with Gasteiger partial charge < -0.3 is 5.32 Å². The lowest BCUT2D eigenvalue weighted by Gasteiger charge is -2.18. The molecule has 28 heavy (non-hydrogen) atoms. The van der Waals surface area contributed by atoms with Gasteiger partial charge in [-0.25, -0.2) is 4.98 Å². The van der Waals surface area contributed by atoms with Crippen LogP contribution in [0, 0.1) is 0 Å². The molecule has 0 aliphatic carbocycles. The molecule has 0 fully saturated rings. The minimum atomic E-state index is -0.454.